The second-order valence-corrected chi connectivity index (χ2v) is 6.48. The predicted molar refractivity (Wildman–Crippen MR) is 92.2 cm³/mol. The number of allylic oxidation sites excluding steroid dienone is 1. The molecule has 5 heteroatoms. The summed E-state index contributed by atoms with van der Waals surface area (Å²) in [6.07, 6.45) is 1.44. The zero-order chi connectivity index (χ0) is 18.4. The third kappa shape index (κ3) is 4.83. The maximum Gasteiger partial charge on any atom is 0.178 e. The molecule has 25 heavy (non-hydrogen) atoms. The van der Waals surface area contributed by atoms with Gasteiger partial charge in [-0.1, -0.05) is 20.8 Å². The molecule has 0 unspecified atom stereocenters. The second kappa shape index (κ2) is 7.51. The molecule has 0 radical (unpaired) electrons. The SMILES string of the molecule is CC(C)(C)C(=O)C(C#N)=Cc1ccc(COc2ccc(C#N)cc2)o1. The van der Waals surface area contributed by atoms with Crippen molar-refractivity contribution in [2.45, 2.75) is 27.4 Å². The summed E-state index contributed by atoms with van der Waals surface area (Å²) in [7, 11) is 0. The first-order chi connectivity index (χ1) is 11.8. The number of nitrogens with zero attached hydrogens (tertiary/aromatic N) is 2. The second-order valence-electron chi connectivity index (χ2n) is 6.48. The Morgan fingerprint density at radius 2 is 1.84 bits per heavy atom. The van der Waals surface area contributed by atoms with Gasteiger partial charge >= 0.3 is 0 Å². The molecule has 0 aliphatic rings. The van der Waals surface area contributed by atoms with E-state index in [-0.39, 0.29) is 18.0 Å². The molecule has 1 heterocycles. The van der Waals surface area contributed by atoms with Crippen LogP contribution >= 0.6 is 0 Å². The molecule has 0 saturated carbocycles. The molecule has 0 aliphatic heterocycles. The Labute approximate surface area is 146 Å². The van der Waals surface area contributed by atoms with Gasteiger partial charge in [0, 0.05) is 11.5 Å². The Morgan fingerprint density at radius 1 is 1.16 bits per heavy atom. The normalized spacial score (nSPS) is 11.5. The van der Waals surface area contributed by atoms with Gasteiger partial charge in [-0.25, -0.2) is 0 Å². The van der Waals surface area contributed by atoms with Crippen LogP contribution in [0, 0.1) is 28.1 Å². The summed E-state index contributed by atoms with van der Waals surface area (Å²) in [4.78, 5) is 12.2. The molecule has 1 aromatic heterocycles. The lowest BCUT2D eigenvalue weighted by molar-refractivity contribution is -0.121. The molecule has 0 atom stereocenters. The van der Waals surface area contributed by atoms with Gasteiger partial charge in [-0.05, 0) is 36.4 Å². The minimum absolute atomic E-state index is 0.0569. The van der Waals surface area contributed by atoms with Crippen LogP contribution in [0.3, 0.4) is 0 Å². The van der Waals surface area contributed by atoms with E-state index in [4.69, 9.17) is 14.4 Å². The fourth-order valence-corrected chi connectivity index (χ4v) is 2.02. The van der Waals surface area contributed by atoms with Gasteiger partial charge in [0.2, 0.25) is 0 Å². The molecule has 0 aliphatic carbocycles. The van der Waals surface area contributed by atoms with Crippen molar-refractivity contribution in [1.82, 2.24) is 0 Å². The van der Waals surface area contributed by atoms with Crippen molar-refractivity contribution in [3.8, 4) is 17.9 Å². The molecule has 5 nitrogen and oxygen atoms in total. The molecular formula is C20H18N2O3. The Kier molecular flexibility index (Phi) is 5.41. The number of rotatable bonds is 5. The molecule has 2 aromatic rings. The Balaban J connectivity index is 2.06. The van der Waals surface area contributed by atoms with Crippen molar-refractivity contribution in [1.29, 1.82) is 10.5 Å². The Morgan fingerprint density at radius 3 is 2.40 bits per heavy atom. The lowest BCUT2D eigenvalue weighted by atomic mass is 9.86. The third-order valence-electron chi connectivity index (χ3n) is 3.38. The topological polar surface area (TPSA) is 87.0 Å². The maximum absolute atomic E-state index is 12.2. The number of Topliss-reactive ketones (excluding diaryl/α,β-unsaturated/α-hetero) is 1. The number of ether oxygens (including phenoxy) is 1. The summed E-state index contributed by atoms with van der Waals surface area (Å²) < 4.78 is 11.2. The van der Waals surface area contributed by atoms with Crippen LogP contribution in [0.15, 0.2) is 46.4 Å². The first kappa shape index (κ1) is 18.0. The van der Waals surface area contributed by atoms with Crippen LogP contribution in [-0.2, 0) is 11.4 Å². The molecule has 0 saturated heterocycles. The highest BCUT2D eigenvalue weighted by atomic mass is 16.5. The van der Waals surface area contributed by atoms with Crippen LogP contribution in [0.2, 0.25) is 0 Å². The van der Waals surface area contributed by atoms with Crippen LogP contribution in [0.4, 0.5) is 0 Å². The van der Waals surface area contributed by atoms with Gasteiger partial charge in [-0.3, -0.25) is 4.79 Å². The van der Waals surface area contributed by atoms with Gasteiger partial charge < -0.3 is 9.15 Å². The largest absolute Gasteiger partial charge is 0.486 e. The van der Waals surface area contributed by atoms with Gasteiger partial charge in [0.05, 0.1) is 17.2 Å². The van der Waals surface area contributed by atoms with E-state index in [1.54, 1.807) is 57.2 Å². The van der Waals surface area contributed by atoms with Gasteiger partial charge in [0.15, 0.2) is 5.78 Å². The smallest absolute Gasteiger partial charge is 0.178 e. The predicted octanol–water partition coefficient (Wildman–Crippen LogP) is 4.25. The van der Waals surface area contributed by atoms with Crippen LogP contribution in [0.5, 0.6) is 5.75 Å². The summed E-state index contributed by atoms with van der Waals surface area (Å²) in [5, 5.41) is 18.0. The molecule has 0 amide bonds. The number of furan rings is 1. The van der Waals surface area contributed by atoms with Gasteiger partial charge in [-0.15, -0.1) is 0 Å². The van der Waals surface area contributed by atoms with Crippen LogP contribution in [0.1, 0.15) is 37.9 Å². The highest BCUT2D eigenvalue weighted by Crippen LogP contribution is 2.22. The zero-order valence-electron chi connectivity index (χ0n) is 14.4. The van der Waals surface area contributed by atoms with E-state index in [2.05, 4.69) is 0 Å². The summed E-state index contributed by atoms with van der Waals surface area (Å²) in [6, 6.07) is 14.1. The van der Waals surface area contributed by atoms with E-state index in [1.807, 2.05) is 12.1 Å². The first-order valence-electron chi connectivity index (χ1n) is 7.72. The molecule has 2 rings (SSSR count). The monoisotopic (exact) mass is 334 g/mol. The van der Waals surface area contributed by atoms with Crippen molar-refractivity contribution in [2.75, 3.05) is 0 Å². The summed E-state index contributed by atoms with van der Waals surface area (Å²) >= 11 is 0. The number of hydrogen-bond acceptors (Lipinski definition) is 5. The average Bonchev–Trinajstić information content (AvgIpc) is 3.04. The lowest BCUT2D eigenvalue weighted by Crippen LogP contribution is -2.21. The van der Waals surface area contributed by atoms with Gasteiger partial charge in [0.1, 0.15) is 29.9 Å². The number of hydrogen-bond donors (Lipinski definition) is 0. The number of nitriles is 2. The first-order valence-corrected chi connectivity index (χ1v) is 7.72. The molecule has 0 N–H and O–H groups in total. The fraction of sp³-hybridized carbons (Fsp3) is 0.250. The highest BCUT2D eigenvalue weighted by Gasteiger charge is 2.25. The minimum atomic E-state index is -0.629. The minimum Gasteiger partial charge on any atom is -0.486 e. The highest BCUT2D eigenvalue weighted by molar-refractivity contribution is 6.05. The Bertz CT molecular complexity index is 869. The number of ketones is 1. The van der Waals surface area contributed by atoms with Crippen LogP contribution < -0.4 is 4.74 Å². The molecular weight excluding hydrogens is 316 g/mol. The van der Waals surface area contributed by atoms with Gasteiger partial charge in [-0.2, -0.15) is 10.5 Å². The van der Waals surface area contributed by atoms with E-state index in [0.717, 1.165) is 0 Å². The van der Waals surface area contributed by atoms with Crippen molar-refractivity contribution in [3.63, 3.8) is 0 Å². The van der Waals surface area contributed by atoms with Crippen molar-refractivity contribution < 1.29 is 13.9 Å². The zero-order valence-corrected chi connectivity index (χ0v) is 14.4. The van der Waals surface area contributed by atoms with Crippen LogP contribution in [0.25, 0.3) is 6.08 Å². The van der Waals surface area contributed by atoms with Crippen molar-refractivity contribution in [2.24, 2.45) is 5.41 Å². The summed E-state index contributed by atoms with van der Waals surface area (Å²) in [5.74, 6) is 1.37. The molecule has 1 aromatic carbocycles. The van der Waals surface area contributed by atoms with Crippen molar-refractivity contribution in [3.05, 3.63) is 59.1 Å². The average molecular weight is 334 g/mol. The molecule has 0 bridgehead atoms. The van der Waals surface area contributed by atoms with E-state index in [9.17, 15) is 10.1 Å². The van der Waals surface area contributed by atoms with E-state index >= 15 is 0 Å². The maximum atomic E-state index is 12.2. The lowest BCUT2D eigenvalue weighted by Gasteiger charge is -2.15. The van der Waals surface area contributed by atoms with Crippen molar-refractivity contribution >= 4 is 11.9 Å². The van der Waals surface area contributed by atoms with E-state index in [0.29, 0.717) is 22.8 Å². The molecule has 0 spiro atoms. The fourth-order valence-electron chi connectivity index (χ4n) is 2.02. The Hall–Kier alpha value is -3.31. The molecule has 0 fully saturated rings. The quantitative estimate of drug-likeness (QED) is 0.602. The number of carbonyl (C=O) groups excluding carboxylic acids is 1. The summed E-state index contributed by atoms with van der Waals surface area (Å²) in [5.41, 5.74) is -0.0119. The third-order valence-corrected chi connectivity index (χ3v) is 3.38. The summed E-state index contributed by atoms with van der Waals surface area (Å²) in [6.45, 7) is 5.49. The van der Waals surface area contributed by atoms with E-state index in [1.165, 1.54) is 6.08 Å². The van der Waals surface area contributed by atoms with Gasteiger partial charge in [0.25, 0.3) is 0 Å². The van der Waals surface area contributed by atoms with Crippen LogP contribution in [-0.4, -0.2) is 5.78 Å². The molecule has 126 valence electrons. The number of benzene rings is 1. The van der Waals surface area contributed by atoms with E-state index < -0.39 is 5.41 Å². The standard InChI is InChI=1S/C20H18N2O3/c1-20(2,3)19(23)15(12-22)10-17-8-9-18(25-17)13-24-16-6-4-14(11-21)5-7-16/h4-10H,13H2,1-3H3. The number of carbonyl (C=O) groups is 1.